The van der Waals surface area contributed by atoms with E-state index in [0.717, 1.165) is 0 Å². The lowest BCUT2D eigenvalue weighted by Crippen LogP contribution is -2.85. The summed E-state index contributed by atoms with van der Waals surface area (Å²) in [5.74, 6) is -47.3. The van der Waals surface area contributed by atoms with Gasteiger partial charge in [-0.05, 0) is 23.8 Å². The van der Waals surface area contributed by atoms with Gasteiger partial charge in [0.25, 0.3) is 0 Å². The summed E-state index contributed by atoms with van der Waals surface area (Å²) in [6.07, 6.45) is -7.29. The Labute approximate surface area is 182 Å². The molecule has 0 radical (unpaired) electrons. The third kappa shape index (κ3) is 3.26. The lowest BCUT2D eigenvalue weighted by Gasteiger charge is -2.51. The van der Waals surface area contributed by atoms with E-state index in [1.54, 1.807) is 0 Å². The van der Waals surface area contributed by atoms with Crippen molar-refractivity contribution in [3.05, 3.63) is 46.6 Å². The highest BCUT2D eigenvalue weighted by Gasteiger charge is 3.02. The van der Waals surface area contributed by atoms with E-state index in [0.29, 0.717) is 0 Å². The van der Waals surface area contributed by atoms with Gasteiger partial charge in [-0.15, -0.1) is 0 Å². The molecule has 1 aliphatic carbocycles. The van der Waals surface area contributed by atoms with Crippen LogP contribution in [0, 0.1) is 12.4 Å². The average molecular weight is 538 g/mol. The molecule has 0 spiro atoms. The van der Waals surface area contributed by atoms with Gasteiger partial charge in [-0.3, -0.25) is 4.79 Å². The van der Waals surface area contributed by atoms with Crippen LogP contribution in [0.4, 0.5) is 71.5 Å². The molecular formula is C17H3F15NO2-. The fourth-order valence-corrected chi connectivity index (χ4v) is 2.91. The maximum Gasteiger partial charge on any atom is 0.415 e. The van der Waals surface area contributed by atoms with Gasteiger partial charge in [0.2, 0.25) is 11.5 Å². The third-order valence-corrected chi connectivity index (χ3v) is 4.82. The number of carbonyl (C=O) groups is 1. The van der Waals surface area contributed by atoms with Crippen molar-refractivity contribution in [1.82, 2.24) is 0 Å². The molecule has 0 atom stereocenters. The van der Waals surface area contributed by atoms with Crippen molar-refractivity contribution >= 4 is 17.2 Å². The number of halogens is 15. The number of allylic oxidation sites excluding steroid dienone is 1. The summed E-state index contributed by atoms with van der Waals surface area (Å²) in [6.45, 7) is 6.48. The van der Waals surface area contributed by atoms with E-state index < -0.39 is 93.8 Å². The molecule has 35 heavy (non-hydrogen) atoms. The number of hydrogen-bond donors (Lipinski definition) is 0. The summed E-state index contributed by atoms with van der Waals surface area (Å²) >= 11 is 0. The van der Waals surface area contributed by atoms with Crippen molar-refractivity contribution in [2.24, 2.45) is 0 Å². The molecule has 0 bridgehead atoms. The molecule has 2 rings (SSSR count). The van der Waals surface area contributed by atoms with Crippen molar-refractivity contribution in [3.8, 4) is 0 Å². The second-order valence-electron chi connectivity index (χ2n) is 6.86. The van der Waals surface area contributed by atoms with Gasteiger partial charge in [-0.25, -0.2) is 13.6 Å². The Balaban J connectivity index is 2.84. The van der Waals surface area contributed by atoms with E-state index in [9.17, 15) is 75.8 Å². The zero-order valence-corrected chi connectivity index (χ0v) is 15.7. The van der Waals surface area contributed by atoms with Crippen molar-refractivity contribution in [3.63, 3.8) is 0 Å². The zero-order valence-electron chi connectivity index (χ0n) is 15.7. The van der Waals surface area contributed by atoms with Crippen LogP contribution >= 0.6 is 0 Å². The first-order chi connectivity index (χ1) is 15.4. The van der Waals surface area contributed by atoms with Gasteiger partial charge in [0.1, 0.15) is 5.82 Å². The highest BCUT2D eigenvalue weighted by molar-refractivity contribution is 6.03. The quantitative estimate of drug-likeness (QED) is 0.219. The minimum Gasteiger partial charge on any atom is -0.872 e. The van der Waals surface area contributed by atoms with Crippen molar-refractivity contribution in [2.75, 3.05) is 0 Å². The van der Waals surface area contributed by atoms with Gasteiger partial charge < -0.3 is 5.11 Å². The van der Waals surface area contributed by atoms with Crippen molar-refractivity contribution < 1.29 is 75.8 Å². The van der Waals surface area contributed by atoms with E-state index in [-0.39, 0.29) is 0 Å². The first kappa shape index (κ1) is 28.1. The minimum absolute atomic E-state index is 0.411. The Bertz CT molecular complexity index is 1110. The summed E-state index contributed by atoms with van der Waals surface area (Å²) in [6, 6.07) is -0.923. The summed E-state index contributed by atoms with van der Waals surface area (Å²) in [4.78, 5) is 14.0. The normalized spacial score (nSPS) is 23.9. The number of ketones is 1. The SMILES string of the molecule is [C-]#[N+]c1cc(C(F)(F)F)c(/C([O-])=C/C(=O)C2(F)C(F)(F)C(F)(F)C(F)(F)C(F)(F)C2(F)F)cc1F. The third-order valence-electron chi connectivity index (χ3n) is 4.82. The fourth-order valence-electron chi connectivity index (χ4n) is 2.91. The first-order valence-electron chi connectivity index (χ1n) is 8.17. The predicted octanol–water partition coefficient (Wildman–Crippen LogP) is 5.56. The maximum absolute atomic E-state index is 14.6. The molecule has 1 saturated carbocycles. The molecule has 1 aromatic carbocycles. The smallest absolute Gasteiger partial charge is 0.415 e. The number of rotatable bonds is 3. The summed E-state index contributed by atoms with van der Waals surface area (Å²) in [7, 11) is 0. The van der Waals surface area contributed by atoms with Crippen LogP contribution in [-0.2, 0) is 11.0 Å². The molecule has 0 aromatic heterocycles. The van der Waals surface area contributed by atoms with Crippen LogP contribution in [0.1, 0.15) is 11.1 Å². The van der Waals surface area contributed by atoms with Crippen LogP contribution in [0.5, 0.6) is 0 Å². The number of hydrogen-bond acceptors (Lipinski definition) is 2. The summed E-state index contributed by atoms with van der Waals surface area (Å²) in [5.41, 5.74) is -13.3. The molecule has 0 unspecified atom stereocenters. The van der Waals surface area contributed by atoms with Crippen LogP contribution in [-0.4, -0.2) is 41.1 Å². The first-order valence-corrected chi connectivity index (χ1v) is 8.17. The van der Waals surface area contributed by atoms with Crippen LogP contribution in [0.25, 0.3) is 10.6 Å². The van der Waals surface area contributed by atoms with Crippen LogP contribution in [0.3, 0.4) is 0 Å². The number of benzene rings is 1. The Morgan fingerprint density at radius 1 is 0.829 bits per heavy atom. The predicted molar refractivity (Wildman–Crippen MR) is 79.2 cm³/mol. The van der Waals surface area contributed by atoms with E-state index in [2.05, 4.69) is 4.85 Å². The fraction of sp³-hybridized carbons (Fsp3) is 0.412. The van der Waals surface area contributed by atoms with Crippen LogP contribution in [0.15, 0.2) is 18.2 Å². The standard InChI is InChI=1S/C17H4F15NO2/c1-33-8-3-6(12(20,21)22)5(2-7(8)18)9(34)4-10(35)11(19)13(23,24)15(27,28)17(31,32)16(29,30)14(11,25)26/h2-4,34H/p-1/b9-4-. The monoisotopic (exact) mass is 538 g/mol. The van der Waals surface area contributed by atoms with E-state index in [1.807, 2.05) is 0 Å². The van der Waals surface area contributed by atoms with E-state index in [4.69, 9.17) is 6.57 Å². The molecule has 0 N–H and O–H groups in total. The number of carbonyl (C=O) groups excluding carboxylic acids is 1. The summed E-state index contributed by atoms with van der Waals surface area (Å²) < 4.78 is 203. The lowest BCUT2D eigenvalue weighted by atomic mass is 9.70. The van der Waals surface area contributed by atoms with Gasteiger partial charge in [-0.1, -0.05) is 5.76 Å². The van der Waals surface area contributed by atoms with Gasteiger partial charge in [0.15, 0.2) is 0 Å². The van der Waals surface area contributed by atoms with Crippen LogP contribution in [0.2, 0.25) is 0 Å². The second kappa shape index (κ2) is 7.43. The minimum atomic E-state index is -7.70. The van der Waals surface area contributed by atoms with Gasteiger partial charge in [0.05, 0.1) is 12.1 Å². The van der Waals surface area contributed by atoms with E-state index in [1.165, 1.54) is 0 Å². The Hall–Kier alpha value is -3.13. The maximum atomic E-state index is 14.6. The Kier molecular flexibility index (Phi) is 5.97. The molecule has 0 amide bonds. The molecular weight excluding hydrogens is 535 g/mol. The molecule has 194 valence electrons. The van der Waals surface area contributed by atoms with Gasteiger partial charge in [0, 0.05) is 0 Å². The largest absolute Gasteiger partial charge is 0.872 e. The van der Waals surface area contributed by atoms with Gasteiger partial charge >= 0.3 is 41.5 Å². The molecule has 18 heteroatoms. The number of nitrogens with zero attached hydrogens (tertiary/aromatic N) is 1. The zero-order chi connectivity index (χ0) is 27.8. The Morgan fingerprint density at radius 3 is 1.60 bits per heavy atom. The summed E-state index contributed by atoms with van der Waals surface area (Å²) in [5, 5.41) is 11.9. The molecule has 1 fully saturated rings. The topological polar surface area (TPSA) is 44.5 Å². The van der Waals surface area contributed by atoms with E-state index >= 15 is 0 Å². The molecule has 1 aromatic rings. The molecule has 0 saturated heterocycles. The van der Waals surface area contributed by atoms with Crippen molar-refractivity contribution in [2.45, 2.75) is 41.5 Å². The average Bonchev–Trinajstić information content (AvgIpc) is 2.70. The second-order valence-corrected chi connectivity index (χ2v) is 6.86. The molecule has 1 aliphatic rings. The van der Waals surface area contributed by atoms with Crippen molar-refractivity contribution in [1.29, 1.82) is 0 Å². The lowest BCUT2D eigenvalue weighted by molar-refractivity contribution is -0.475. The molecule has 0 heterocycles. The number of alkyl halides is 14. The van der Waals surface area contributed by atoms with Crippen LogP contribution < -0.4 is 5.11 Å². The molecule has 0 aliphatic heterocycles. The highest BCUT2D eigenvalue weighted by atomic mass is 19.4. The Morgan fingerprint density at radius 2 is 1.23 bits per heavy atom. The van der Waals surface area contributed by atoms with Gasteiger partial charge in [-0.2, -0.15) is 57.1 Å². The highest BCUT2D eigenvalue weighted by Crippen LogP contribution is 2.69. The molecule has 3 nitrogen and oxygen atoms in total.